The third-order valence-corrected chi connectivity index (χ3v) is 0. The molecule has 0 atom stereocenters. The van der Waals surface area contributed by atoms with Crippen molar-refractivity contribution in [2.75, 3.05) is 0 Å². The number of hydrogen-bond donors (Lipinski definition) is 0. The van der Waals surface area contributed by atoms with E-state index in [1.807, 2.05) is 0 Å². The molecular formula is Fe3Pd. The minimum Gasteiger partial charge on any atom is 0 e. The molecule has 0 fully saturated rings. The zero-order chi connectivity index (χ0) is 0. The maximum absolute atomic E-state index is 0. The van der Waals surface area contributed by atoms with Gasteiger partial charge in [0.15, 0.2) is 0 Å². The molecule has 0 rings (SSSR count). The second kappa shape index (κ2) is 18.9. The van der Waals surface area contributed by atoms with Gasteiger partial charge in [-0.3, -0.25) is 0 Å². The summed E-state index contributed by atoms with van der Waals surface area (Å²) in [5, 5.41) is 0. The van der Waals surface area contributed by atoms with Gasteiger partial charge >= 0.3 is 0 Å². The van der Waals surface area contributed by atoms with E-state index in [0.29, 0.717) is 0 Å². The molecule has 0 amide bonds. The summed E-state index contributed by atoms with van der Waals surface area (Å²) >= 11 is 0. The third kappa shape index (κ3) is 8.88. The van der Waals surface area contributed by atoms with Crippen LogP contribution in [0.2, 0.25) is 0 Å². The predicted molar refractivity (Wildman–Crippen MR) is 0 cm³/mol. The SMILES string of the molecule is [Fe].[Fe].[Fe].[Pd]. The van der Waals surface area contributed by atoms with Gasteiger partial charge in [-0.15, -0.1) is 0 Å². The van der Waals surface area contributed by atoms with Crippen LogP contribution in [-0.4, -0.2) is 0 Å². The van der Waals surface area contributed by atoms with E-state index in [2.05, 4.69) is 0 Å². The van der Waals surface area contributed by atoms with Gasteiger partial charge < -0.3 is 0 Å². The molecule has 4 heavy (non-hydrogen) atoms. The average molecular weight is 274 g/mol. The minimum atomic E-state index is 0. The molecule has 0 saturated carbocycles. The number of hydrogen-bond acceptors (Lipinski definition) is 0. The van der Waals surface area contributed by atoms with Crippen LogP contribution < -0.4 is 0 Å². The van der Waals surface area contributed by atoms with Gasteiger partial charge in [0.1, 0.15) is 0 Å². The fraction of sp³-hybridized carbons (Fsp3) is 0. The zero-order valence-corrected chi connectivity index (χ0v) is 6.24. The van der Waals surface area contributed by atoms with Gasteiger partial charge in [-0.1, -0.05) is 0 Å². The topological polar surface area (TPSA) is 0 Å². The quantitative estimate of drug-likeness (QED) is 0.545. The number of rotatable bonds is 0. The Hall–Kier alpha value is 2.22. The van der Waals surface area contributed by atoms with E-state index in [9.17, 15) is 0 Å². The van der Waals surface area contributed by atoms with Gasteiger partial charge in [-0.2, -0.15) is 0 Å². The minimum absolute atomic E-state index is 0. The van der Waals surface area contributed by atoms with Crippen molar-refractivity contribution in [2.45, 2.75) is 0 Å². The van der Waals surface area contributed by atoms with E-state index in [1.54, 1.807) is 0 Å². The molecule has 0 N–H and O–H groups in total. The molecular weight excluding hydrogens is 274 g/mol. The van der Waals surface area contributed by atoms with Crippen molar-refractivity contribution in [3.63, 3.8) is 0 Å². The summed E-state index contributed by atoms with van der Waals surface area (Å²) < 4.78 is 0. The monoisotopic (exact) mass is 274 g/mol. The molecule has 0 heterocycles. The predicted octanol–water partition coefficient (Wildman–Crippen LogP) is -0.0100. The van der Waals surface area contributed by atoms with E-state index >= 15 is 0 Å². The first-order valence-corrected chi connectivity index (χ1v) is 0. The van der Waals surface area contributed by atoms with Crippen LogP contribution in [0.1, 0.15) is 0 Å². The normalized spacial score (nSPS) is 0. The van der Waals surface area contributed by atoms with Crippen molar-refractivity contribution < 1.29 is 71.6 Å². The molecule has 0 radical (unpaired) electrons. The average Bonchev–Trinajstić information content (AvgIpc) is 0. The van der Waals surface area contributed by atoms with Crippen LogP contribution in [0.5, 0.6) is 0 Å². The molecule has 4 heteroatoms. The molecule has 0 aromatic rings. The zero-order valence-electron chi connectivity index (χ0n) is 1.38. The maximum Gasteiger partial charge on any atom is 0 e. The Morgan fingerprint density at radius 2 is 0.500 bits per heavy atom. The van der Waals surface area contributed by atoms with E-state index < -0.39 is 0 Å². The van der Waals surface area contributed by atoms with Crippen molar-refractivity contribution >= 4 is 0 Å². The fourth-order valence-electron chi connectivity index (χ4n) is 0. The van der Waals surface area contributed by atoms with Crippen LogP contribution >= 0.6 is 0 Å². The van der Waals surface area contributed by atoms with Crippen molar-refractivity contribution in [1.82, 2.24) is 0 Å². The molecule has 0 spiro atoms. The van der Waals surface area contributed by atoms with Gasteiger partial charge in [-0.25, -0.2) is 0 Å². The second-order valence-corrected chi connectivity index (χ2v) is 0. The Morgan fingerprint density at radius 3 is 0.500 bits per heavy atom. The van der Waals surface area contributed by atoms with Crippen molar-refractivity contribution in [3.05, 3.63) is 0 Å². The van der Waals surface area contributed by atoms with Gasteiger partial charge in [0, 0.05) is 71.6 Å². The Kier molecular flexibility index (Phi) is 162. The summed E-state index contributed by atoms with van der Waals surface area (Å²) in [5.41, 5.74) is 0. The van der Waals surface area contributed by atoms with E-state index in [0.717, 1.165) is 0 Å². The molecule has 0 aromatic carbocycles. The van der Waals surface area contributed by atoms with Crippen molar-refractivity contribution in [3.8, 4) is 0 Å². The summed E-state index contributed by atoms with van der Waals surface area (Å²) in [6.45, 7) is 0. The standard InChI is InChI=1S/3Fe.Pd. The first-order chi connectivity index (χ1) is 0. The summed E-state index contributed by atoms with van der Waals surface area (Å²) in [5.74, 6) is 0. The van der Waals surface area contributed by atoms with Crippen molar-refractivity contribution in [1.29, 1.82) is 0 Å². The van der Waals surface area contributed by atoms with Crippen LogP contribution in [0.4, 0.5) is 0 Å². The molecule has 34 valence electrons. The third-order valence-electron chi connectivity index (χ3n) is 0. The van der Waals surface area contributed by atoms with Gasteiger partial charge in [-0.05, 0) is 0 Å². The molecule has 0 nitrogen and oxygen atoms in total. The second-order valence-electron chi connectivity index (χ2n) is 0. The summed E-state index contributed by atoms with van der Waals surface area (Å²) in [7, 11) is 0. The molecule has 0 saturated heterocycles. The maximum atomic E-state index is 0. The van der Waals surface area contributed by atoms with E-state index in [1.165, 1.54) is 0 Å². The van der Waals surface area contributed by atoms with E-state index in [4.69, 9.17) is 0 Å². The Morgan fingerprint density at radius 1 is 0.500 bits per heavy atom. The smallest absolute Gasteiger partial charge is 0 e. The molecule has 0 aliphatic heterocycles. The summed E-state index contributed by atoms with van der Waals surface area (Å²) in [6, 6.07) is 0. The molecule has 0 bridgehead atoms. The molecule has 0 aromatic heterocycles. The van der Waals surface area contributed by atoms with Crippen LogP contribution in [0, 0.1) is 0 Å². The van der Waals surface area contributed by atoms with Gasteiger partial charge in [0.05, 0.1) is 0 Å². The Bertz CT molecular complexity index is 3.25. The first kappa shape index (κ1) is 34.4. The first-order valence-electron chi connectivity index (χ1n) is 0. The largest absolute Gasteiger partial charge is 0 e. The van der Waals surface area contributed by atoms with Crippen LogP contribution in [-0.2, 0) is 71.6 Å². The summed E-state index contributed by atoms with van der Waals surface area (Å²) in [4.78, 5) is 0. The van der Waals surface area contributed by atoms with Crippen molar-refractivity contribution in [2.24, 2.45) is 0 Å². The van der Waals surface area contributed by atoms with Crippen LogP contribution in [0.25, 0.3) is 0 Å². The molecule has 0 unspecified atom stereocenters. The van der Waals surface area contributed by atoms with Crippen LogP contribution in [0.3, 0.4) is 0 Å². The van der Waals surface area contributed by atoms with Gasteiger partial charge in [0.2, 0.25) is 0 Å². The van der Waals surface area contributed by atoms with Crippen LogP contribution in [0.15, 0.2) is 0 Å². The molecule has 0 aliphatic carbocycles. The fourth-order valence-corrected chi connectivity index (χ4v) is 0. The van der Waals surface area contributed by atoms with E-state index in [-0.39, 0.29) is 71.6 Å². The van der Waals surface area contributed by atoms with Gasteiger partial charge in [0.25, 0.3) is 0 Å². The Balaban J connectivity index is 0. The summed E-state index contributed by atoms with van der Waals surface area (Å²) in [6.07, 6.45) is 0. The Labute approximate surface area is 70.9 Å². The molecule has 0 aliphatic rings.